The molecule has 1 atom stereocenters. The van der Waals surface area contributed by atoms with Crippen LogP contribution < -0.4 is 15.4 Å². The minimum atomic E-state index is 0.235. The van der Waals surface area contributed by atoms with E-state index in [1.54, 1.807) is 7.11 Å². The molecule has 0 saturated heterocycles. The molecule has 0 spiro atoms. The summed E-state index contributed by atoms with van der Waals surface area (Å²) < 4.78 is 5.30. The predicted molar refractivity (Wildman–Crippen MR) is 92.9 cm³/mol. The van der Waals surface area contributed by atoms with Crippen molar-refractivity contribution in [2.75, 3.05) is 34.3 Å². The molecule has 0 radical (unpaired) electrons. The predicted octanol–water partition coefficient (Wildman–Crippen LogP) is 2.42. The maximum absolute atomic E-state index is 5.31. The average molecular weight is 309 g/mol. The van der Waals surface area contributed by atoms with E-state index in [2.05, 4.69) is 55.6 Å². The van der Waals surface area contributed by atoms with Gasteiger partial charge < -0.3 is 20.3 Å². The Morgan fingerprint density at radius 1 is 1.24 bits per heavy atom. The molecule has 21 heavy (non-hydrogen) atoms. The van der Waals surface area contributed by atoms with Crippen molar-refractivity contribution < 1.29 is 4.74 Å². The van der Waals surface area contributed by atoms with Crippen LogP contribution >= 0.6 is 12.2 Å². The Kier molecular flexibility index (Phi) is 7.47. The fourth-order valence-corrected chi connectivity index (χ4v) is 2.16. The van der Waals surface area contributed by atoms with Crippen molar-refractivity contribution in [3.63, 3.8) is 0 Å². The zero-order valence-electron chi connectivity index (χ0n) is 13.6. The van der Waals surface area contributed by atoms with Crippen LogP contribution in [-0.4, -0.2) is 44.3 Å². The summed E-state index contributed by atoms with van der Waals surface area (Å²) in [4.78, 5) is 2.17. The van der Waals surface area contributed by atoms with Crippen LogP contribution in [-0.2, 0) is 0 Å². The minimum absolute atomic E-state index is 0.235. The van der Waals surface area contributed by atoms with Crippen LogP contribution in [0.4, 0.5) is 0 Å². The summed E-state index contributed by atoms with van der Waals surface area (Å²) in [7, 11) is 5.82. The second kappa shape index (κ2) is 8.85. The van der Waals surface area contributed by atoms with Gasteiger partial charge in [0.2, 0.25) is 0 Å². The Morgan fingerprint density at radius 2 is 1.90 bits per heavy atom. The van der Waals surface area contributed by atoms with E-state index in [0.717, 1.165) is 18.8 Å². The molecular formula is C16H27N3OS. The smallest absolute Gasteiger partial charge is 0.166 e. The van der Waals surface area contributed by atoms with Crippen molar-refractivity contribution in [2.24, 2.45) is 5.92 Å². The van der Waals surface area contributed by atoms with E-state index in [1.165, 1.54) is 5.56 Å². The van der Waals surface area contributed by atoms with Crippen molar-refractivity contribution in [3.8, 4) is 5.75 Å². The number of methoxy groups -OCH3 is 1. The molecule has 1 aromatic rings. The monoisotopic (exact) mass is 309 g/mol. The molecular weight excluding hydrogens is 282 g/mol. The van der Waals surface area contributed by atoms with Gasteiger partial charge in [0, 0.05) is 13.1 Å². The van der Waals surface area contributed by atoms with Crippen molar-refractivity contribution in [3.05, 3.63) is 29.8 Å². The van der Waals surface area contributed by atoms with Crippen LogP contribution in [0, 0.1) is 5.92 Å². The number of rotatable bonds is 7. The molecule has 0 aliphatic heterocycles. The average Bonchev–Trinajstić information content (AvgIpc) is 2.45. The molecule has 1 unspecified atom stereocenters. The number of thiocarbonyl (C=S) groups is 1. The van der Waals surface area contributed by atoms with Crippen LogP contribution in [0.5, 0.6) is 5.75 Å². The summed E-state index contributed by atoms with van der Waals surface area (Å²) in [6.45, 7) is 5.96. The first-order valence-corrected chi connectivity index (χ1v) is 7.67. The van der Waals surface area contributed by atoms with Crippen LogP contribution in [0.25, 0.3) is 0 Å². The Bertz CT molecular complexity index is 449. The van der Waals surface area contributed by atoms with Gasteiger partial charge in [0.1, 0.15) is 5.75 Å². The molecule has 5 heteroatoms. The zero-order chi connectivity index (χ0) is 15.8. The summed E-state index contributed by atoms with van der Waals surface area (Å²) in [5, 5.41) is 7.23. The van der Waals surface area contributed by atoms with Gasteiger partial charge in [0.25, 0.3) is 0 Å². The van der Waals surface area contributed by atoms with Crippen LogP contribution in [0.15, 0.2) is 24.3 Å². The third kappa shape index (κ3) is 6.31. The van der Waals surface area contributed by atoms with Crippen molar-refractivity contribution >= 4 is 17.3 Å². The standard InChI is InChI=1S/C16H27N3OS/c1-12(2)10-17-16(21)18-11-15(19(3)4)13-7-6-8-14(9-13)20-5/h6-9,12,15H,10-11H2,1-5H3,(H2,17,18,21). The van der Waals surface area contributed by atoms with E-state index in [4.69, 9.17) is 17.0 Å². The summed E-state index contributed by atoms with van der Waals surface area (Å²) in [6, 6.07) is 8.38. The largest absolute Gasteiger partial charge is 0.497 e. The minimum Gasteiger partial charge on any atom is -0.497 e. The number of hydrogen-bond acceptors (Lipinski definition) is 3. The molecule has 0 aromatic heterocycles. The Labute approximate surface area is 133 Å². The SMILES string of the molecule is COc1cccc(C(CNC(=S)NCC(C)C)N(C)C)c1. The third-order valence-corrected chi connectivity index (χ3v) is 3.52. The first-order valence-electron chi connectivity index (χ1n) is 7.26. The Morgan fingerprint density at radius 3 is 2.48 bits per heavy atom. The van der Waals surface area contributed by atoms with Gasteiger partial charge in [-0.3, -0.25) is 0 Å². The summed E-state index contributed by atoms with van der Waals surface area (Å²) in [5.74, 6) is 1.45. The van der Waals surface area contributed by atoms with Gasteiger partial charge in [-0.15, -0.1) is 0 Å². The molecule has 118 valence electrons. The second-order valence-electron chi connectivity index (χ2n) is 5.74. The summed E-state index contributed by atoms with van der Waals surface area (Å²) in [5.41, 5.74) is 1.21. The van der Waals surface area contributed by atoms with E-state index < -0.39 is 0 Å². The van der Waals surface area contributed by atoms with E-state index in [-0.39, 0.29) is 6.04 Å². The lowest BCUT2D eigenvalue weighted by Crippen LogP contribution is -2.41. The lowest BCUT2D eigenvalue weighted by molar-refractivity contribution is 0.297. The highest BCUT2D eigenvalue weighted by Crippen LogP contribution is 2.21. The summed E-state index contributed by atoms with van der Waals surface area (Å²) in [6.07, 6.45) is 0. The number of likely N-dealkylation sites (N-methyl/N-ethyl adjacent to an activating group) is 1. The van der Waals surface area contributed by atoms with Crippen molar-refractivity contribution in [2.45, 2.75) is 19.9 Å². The van der Waals surface area contributed by atoms with Gasteiger partial charge in [-0.2, -0.15) is 0 Å². The Balaban J connectivity index is 2.63. The molecule has 2 N–H and O–H groups in total. The lowest BCUT2D eigenvalue weighted by atomic mass is 10.1. The number of nitrogens with one attached hydrogen (secondary N) is 2. The maximum atomic E-state index is 5.31. The highest BCUT2D eigenvalue weighted by molar-refractivity contribution is 7.80. The molecule has 0 fully saturated rings. The molecule has 0 aliphatic rings. The fraction of sp³-hybridized carbons (Fsp3) is 0.562. The molecule has 0 saturated carbocycles. The van der Waals surface area contributed by atoms with Crippen LogP contribution in [0.1, 0.15) is 25.5 Å². The number of ether oxygens (including phenoxy) is 1. The van der Waals surface area contributed by atoms with Gasteiger partial charge in [0.15, 0.2) is 5.11 Å². The van der Waals surface area contributed by atoms with E-state index in [1.807, 2.05) is 12.1 Å². The number of benzene rings is 1. The van der Waals surface area contributed by atoms with Gasteiger partial charge >= 0.3 is 0 Å². The topological polar surface area (TPSA) is 36.5 Å². The molecule has 1 rings (SSSR count). The normalized spacial score (nSPS) is 12.3. The zero-order valence-corrected chi connectivity index (χ0v) is 14.5. The van der Waals surface area contributed by atoms with Gasteiger partial charge in [-0.25, -0.2) is 0 Å². The third-order valence-electron chi connectivity index (χ3n) is 3.23. The van der Waals surface area contributed by atoms with Crippen molar-refractivity contribution in [1.29, 1.82) is 0 Å². The van der Waals surface area contributed by atoms with Crippen LogP contribution in [0.2, 0.25) is 0 Å². The van der Waals surface area contributed by atoms with E-state index in [9.17, 15) is 0 Å². The number of nitrogens with zero attached hydrogens (tertiary/aromatic N) is 1. The van der Waals surface area contributed by atoms with Crippen LogP contribution in [0.3, 0.4) is 0 Å². The van der Waals surface area contributed by atoms with E-state index >= 15 is 0 Å². The summed E-state index contributed by atoms with van der Waals surface area (Å²) >= 11 is 5.31. The number of hydrogen-bond donors (Lipinski definition) is 2. The first-order chi connectivity index (χ1) is 9.93. The molecule has 1 aromatic carbocycles. The molecule has 4 nitrogen and oxygen atoms in total. The Hall–Kier alpha value is -1.33. The van der Waals surface area contributed by atoms with Gasteiger partial charge in [0.05, 0.1) is 13.2 Å². The molecule has 0 amide bonds. The first kappa shape index (κ1) is 17.7. The van der Waals surface area contributed by atoms with E-state index in [0.29, 0.717) is 11.0 Å². The fourth-order valence-electron chi connectivity index (χ4n) is 2.00. The van der Waals surface area contributed by atoms with Gasteiger partial charge in [-0.05, 0) is 49.9 Å². The van der Waals surface area contributed by atoms with Crippen molar-refractivity contribution in [1.82, 2.24) is 15.5 Å². The molecule has 0 aliphatic carbocycles. The lowest BCUT2D eigenvalue weighted by Gasteiger charge is -2.26. The highest BCUT2D eigenvalue weighted by atomic mass is 32.1. The van der Waals surface area contributed by atoms with Gasteiger partial charge in [-0.1, -0.05) is 26.0 Å². The maximum Gasteiger partial charge on any atom is 0.166 e. The highest BCUT2D eigenvalue weighted by Gasteiger charge is 2.15. The molecule has 0 bridgehead atoms. The molecule has 0 heterocycles. The quantitative estimate of drug-likeness (QED) is 0.757. The second-order valence-corrected chi connectivity index (χ2v) is 6.15.